The Morgan fingerprint density at radius 1 is 0.970 bits per heavy atom. The van der Waals surface area contributed by atoms with E-state index < -0.39 is 0 Å². The van der Waals surface area contributed by atoms with E-state index in [1.54, 1.807) is 23.5 Å². The molecule has 6 heteroatoms. The van der Waals surface area contributed by atoms with Crippen LogP contribution in [0.15, 0.2) is 72.1 Å². The summed E-state index contributed by atoms with van der Waals surface area (Å²) in [6, 6.07) is 20.6. The summed E-state index contributed by atoms with van der Waals surface area (Å²) in [7, 11) is 0. The van der Waals surface area contributed by atoms with Crippen LogP contribution in [-0.4, -0.2) is 42.0 Å². The van der Waals surface area contributed by atoms with Crippen LogP contribution in [0.5, 0.6) is 11.5 Å². The van der Waals surface area contributed by atoms with Crippen LogP contribution < -0.4 is 4.74 Å². The number of phenolic OH excluding ortho intramolecular Hbond substituents is 1. The van der Waals surface area contributed by atoms with Gasteiger partial charge in [0.2, 0.25) is 0 Å². The highest BCUT2D eigenvalue weighted by atomic mass is 35.5. The van der Waals surface area contributed by atoms with Crippen LogP contribution in [0, 0.1) is 0 Å². The first kappa shape index (κ1) is 23.3. The summed E-state index contributed by atoms with van der Waals surface area (Å²) < 4.78 is 7.15. The van der Waals surface area contributed by atoms with Crippen molar-refractivity contribution in [2.24, 2.45) is 0 Å². The van der Waals surface area contributed by atoms with Crippen molar-refractivity contribution in [2.45, 2.75) is 12.8 Å². The second kappa shape index (κ2) is 10.4. The monoisotopic (exact) mass is 479 g/mol. The molecule has 0 bridgehead atoms. The number of hydrogen-bond donors (Lipinski definition) is 1. The molecular weight excluding hydrogens is 454 g/mol. The summed E-state index contributed by atoms with van der Waals surface area (Å²) >= 11 is 1.58. The number of thiophene rings is 1. The average Bonchev–Trinajstić information content (AvgIpc) is 3.49. The van der Waals surface area contributed by atoms with E-state index in [1.807, 2.05) is 60.0 Å². The lowest BCUT2D eigenvalue weighted by Gasteiger charge is -2.16. The molecule has 0 amide bonds. The summed E-state index contributed by atoms with van der Waals surface area (Å²) in [4.78, 5) is 16.0. The van der Waals surface area contributed by atoms with Crippen LogP contribution in [0.2, 0.25) is 0 Å². The summed E-state index contributed by atoms with van der Waals surface area (Å²) in [5, 5.41) is 12.6. The summed E-state index contributed by atoms with van der Waals surface area (Å²) in [6.45, 7) is 3.82. The maximum absolute atomic E-state index is 13.6. The second-order valence-corrected chi connectivity index (χ2v) is 9.04. The van der Waals surface area contributed by atoms with E-state index >= 15 is 0 Å². The minimum absolute atomic E-state index is 0. The molecule has 1 aliphatic rings. The third-order valence-electron chi connectivity index (χ3n) is 6.01. The van der Waals surface area contributed by atoms with Gasteiger partial charge in [0.1, 0.15) is 18.1 Å². The number of benzene rings is 3. The fourth-order valence-corrected chi connectivity index (χ4v) is 5.23. The third kappa shape index (κ3) is 5.06. The zero-order valence-electron chi connectivity index (χ0n) is 18.2. The van der Waals surface area contributed by atoms with Gasteiger partial charge in [-0.25, -0.2) is 0 Å². The predicted octanol–water partition coefficient (Wildman–Crippen LogP) is 6.40. The number of nitrogens with zero attached hydrogens (tertiary/aromatic N) is 1. The van der Waals surface area contributed by atoms with Gasteiger partial charge >= 0.3 is 0 Å². The predicted molar refractivity (Wildman–Crippen MR) is 137 cm³/mol. The molecule has 170 valence electrons. The van der Waals surface area contributed by atoms with E-state index in [-0.39, 0.29) is 23.9 Å². The van der Waals surface area contributed by atoms with Crippen LogP contribution in [-0.2, 0) is 0 Å². The van der Waals surface area contributed by atoms with Gasteiger partial charge in [-0.3, -0.25) is 9.69 Å². The van der Waals surface area contributed by atoms with E-state index in [2.05, 4.69) is 4.90 Å². The summed E-state index contributed by atoms with van der Waals surface area (Å²) in [5.74, 6) is 0.941. The van der Waals surface area contributed by atoms with Crippen molar-refractivity contribution in [3.63, 3.8) is 0 Å². The normalized spacial score (nSPS) is 13.7. The molecule has 3 aromatic carbocycles. The van der Waals surface area contributed by atoms with Crippen LogP contribution in [0.3, 0.4) is 0 Å². The van der Waals surface area contributed by atoms with Gasteiger partial charge in [-0.2, -0.15) is 0 Å². The van der Waals surface area contributed by atoms with Crippen LogP contribution >= 0.6 is 23.7 Å². The second-order valence-electron chi connectivity index (χ2n) is 8.13. The van der Waals surface area contributed by atoms with Gasteiger partial charge in [-0.1, -0.05) is 30.3 Å². The van der Waals surface area contributed by atoms with Crippen molar-refractivity contribution < 1.29 is 14.6 Å². The molecule has 1 saturated heterocycles. The van der Waals surface area contributed by atoms with E-state index in [4.69, 9.17) is 4.74 Å². The molecule has 0 spiro atoms. The standard InChI is InChI=1S/C27H25NO3S.ClH/c29-20-9-7-19(8-10-20)24-17-21(31-16-15-28-13-3-4-14-28)11-12-23(24)27(30)25-18-32-26-6-2-1-5-22(25)26;/h1-2,5-12,17-18,29H,3-4,13-16H2;1H. The Balaban J connectivity index is 0.00000259. The van der Waals surface area contributed by atoms with Crippen LogP contribution in [0.4, 0.5) is 0 Å². The lowest BCUT2D eigenvalue weighted by Crippen LogP contribution is -2.25. The number of carbonyl (C=O) groups excluding carboxylic acids is 1. The number of likely N-dealkylation sites (tertiary alicyclic amines) is 1. The van der Waals surface area contributed by atoms with Crippen LogP contribution in [0.1, 0.15) is 28.8 Å². The van der Waals surface area contributed by atoms with Crippen molar-refractivity contribution >= 4 is 39.6 Å². The number of phenols is 1. The zero-order valence-corrected chi connectivity index (χ0v) is 19.8. The number of fused-ring (bicyclic) bond motifs is 1. The lowest BCUT2D eigenvalue weighted by molar-refractivity contribution is 0.104. The van der Waals surface area contributed by atoms with Crippen molar-refractivity contribution in [3.05, 3.63) is 83.2 Å². The number of aromatic hydroxyl groups is 1. The highest BCUT2D eigenvalue weighted by Gasteiger charge is 2.19. The Labute approximate surface area is 203 Å². The minimum Gasteiger partial charge on any atom is -0.508 e. The zero-order chi connectivity index (χ0) is 21.9. The number of ketones is 1. The van der Waals surface area contributed by atoms with Gasteiger partial charge in [0, 0.05) is 33.1 Å². The van der Waals surface area contributed by atoms with E-state index in [0.29, 0.717) is 17.7 Å². The van der Waals surface area contributed by atoms with Crippen molar-refractivity contribution in [2.75, 3.05) is 26.2 Å². The van der Waals surface area contributed by atoms with E-state index in [1.165, 1.54) is 12.8 Å². The molecule has 1 N–H and O–H groups in total. The first-order valence-electron chi connectivity index (χ1n) is 11.0. The maximum Gasteiger partial charge on any atom is 0.195 e. The molecule has 2 heterocycles. The maximum atomic E-state index is 13.6. The third-order valence-corrected chi connectivity index (χ3v) is 6.98. The fraction of sp³-hybridized carbons (Fsp3) is 0.222. The molecule has 1 aromatic heterocycles. The first-order valence-corrected chi connectivity index (χ1v) is 11.9. The molecule has 0 unspecified atom stereocenters. The minimum atomic E-state index is -0.00542. The van der Waals surface area contributed by atoms with Gasteiger partial charge in [-0.15, -0.1) is 23.7 Å². The number of halogens is 1. The van der Waals surface area contributed by atoms with Gasteiger partial charge in [0.25, 0.3) is 0 Å². The number of carbonyl (C=O) groups is 1. The Kier molecular flexibility index (Phi) is 7.33. The SMILES string of the molecule is Cl.O=C(c1ccc(OCCN2CCCC2)cc1-c1ccc(O)cc1)c1csc2ccccc12. The molecule has 0 aliphatic carbocycles. The first-order chi connectivity index (χ1) is 15.7. The molecule has 33 heavy (non-hydrogen) atoms. The molecule has 0 radical (unpaired) electrons. The number of rotatable bonds is 7. The highest BCUT2D eigenvalue weighted by Crippen LogP contribution is 2.34. The molecule has 0 atom stereocenters. The molecule has 5 rings (SSSR count). The molecule has 4 nitrogen and oxygen atoms in total. The number of ether oxygens (including phenoxy) is 1. The lowest BCUT2D eigenvalue weighted by atomic mass is 9.93. The fourth-order valence-electron chi connectivity index (χ4n) is 4.29. The Hall–Kier alpha value is -2.86. The smallest absolute Gasteiger partial charge is 0.195 e. The molecule has 1 fully saturated rings. The van der Waals surface area contributed by atoms with Crippen molar-refractivity contribution in [1.82, 2.24) is 4.90 Å². The largest absolute Gasteiger partial charge is 0.508 e. The Bertz CT molecular complexity index is 1250. The van der Waals surface area contributed by atoms with Crippen molar-refractivity contribution in [3.8, 4) is 22.6 Å². The molecular formula is C27H26ClNO3S. The molecule has 4 aromatic rings. The van der Waals surface area contributed by atoms with Gasteiger partial charge < -0.3 is 9.84 Å². The Morgan fingerprint density at radius 2 is 1.73 bits per heavy atom. The number of hydrogen-bond acceptors (Lipinski definition) is 5. The molecule has 1 aliphatic heterocycles. The summed E-state index contributed by atoms with van der Waals surface area (Å²) in [6.07, 6.45) is 2.53. The quantitative estimate of drug-likeness (QED) is 0.311. The average molecular weight is 480 g/mol. The Morgan fingerprint density at radius 3 is 2.52 bits per heavy atom. The van der Waals surface area contributed by atoms with Crippen LogP contribution in [0.25, 0.3) is 21.2 Å². The van der Waals surface area contributed by atoms with Gasteiger partial charge in [0.05, 0.1) is 0 Å². The topological polar surface area (TPSA) is 49.8 Å². The summed E-state index contributed by atoms with van der Waals surface area (Å²) in [5.41, 5.74) is 3.03. The van der Waals surface area contributed by atoms with E-state index in [9.17, 15) is 9.90 Å². The van der Waals surface area contributed by atoms with E-state index in [0.717, 1.165) is 46.6 Å². The molecule has 0 saturated carbocycles. The van der Waals surface area contributed by atoms with Gasteiger partial charge in [0.15, 0.2) is 5.78 Å². The highest BCUT2D eigenvalue weighted by molar-refractivity contribution is 7.17. The van der Waals surface area contributed by atoms with Gasteiger partial charge in [-0.05, 0) is 73.5 Å². The van der Waals surface area contributed by atoms with Crippen molar-refractivity contribution in [1.29, 1.82) is 0 Å².